The molecule has 0 bridgehead atoms. The van der Waals surface area contributed by atoms with Gasteiger partial charge in [-0.05, 0) is 25.5 Å². The van der Waals surface area contributed by atoms with Crippen LogP contribution in [0.15, 0.2) is 30.3 Å². The van der Waals surface area contributed by atoms with Crippen LogP contribution >= 0.6 is 11.6 Å². The highest BCUT2D eigenvalue weighted by atomic mass is 35.5. The summed E-state index contributed by atoms with van der Waals surface area (Å²) in [6.07, 6.45) is 7.98. The number of halogens is 1. The molecule has 0 amide bonds. The normalized spacial score (nSPS) is 14.3. The summed E-state index contributed by atoms with van der Waals surface area (Å²) in [5.74, 6) is 0.604. The Kier molecular flexibility index (Phi) is 8.16. The molecule has 0 heterocycles. The Hall–Kier alpha value is -0.530. The number of rotatable bonds is 10. The second kappa shape index (κ2) is 9.39. The molecular formula is C17H28ClN. The SMILES string of the molecule is CCCCCCCCNC(C)(CCl)c1ccccc1. The second-order valence-corrected chi connectivity index (χ2v) is 5.79. The Morgan fingerprint density at radius 1 is 1.00 bits per heavy atom. The van der Waals surface area contributed by atoms with E-state index in [0.29, 0.717) is 5.88 Å². The fourth-order valence-electron chi connectivity index (χ4n) is 2.30. The molecule has 2 heteroatoms. The number of hydrogen-bond acceptors (Lipinski definition) is 1. The van der Waals surface area contributed by atoms with Gasteiger partial charge >= 0.3 is 0 Å². The van der Waals surface area contributed by atoms with E-state index in [1.807, 2.05) is 6.07 Å². The van der Waals surface area contributed by atoms with Crippen molar-refractivity contribution >= 4 is 11.6 Å². The van der Waals surface area contributed by atoms with Gasteiger partial charge in [-0.15, -0.1) is 11.6 Å². The first-order chi connectivity index (χ1) is 9.23. The molecular weight excluding hydrogens is 254 g/mol. The molecule has 0 aliphatic rings. The van der Waals surface area contributed by atoms with E-state index >= 15 is 0 Å². The van der Waals surface area contributed by atoms with Gasteiger partial charge in [-0.3, -0.25) is 0 Å². The lowest BCUT2D eigenvalue weighted by Crippen LogP contribution is -2.41. The fourth-order valence-corrected chi connectivity index (χ4v) is 2.55. The molecule has 1 nitrogen and oxygen atoms in total. The molecule has 0 spiro atoms. The molecule has 1 N–H and O–H groups in total. The summed E-state index contributed by atoms with van der Waals surface area (Å²) in [5.41, 5.74) is 1.17. The molecule has 108 valence electrons. The number of nitrogens with one attached hydrogen (secondary N) is 1. The van der Waals surface area contributed by atoms with Crippen molar-refractivity contribution in [2.75, 3.05) is 12.4 Å². The van der Waals surface area contributed by atoms with E-state index in [4.69, 9.17) is 11.6 Å². The van der Waals surface area contributed by atoms with Crippen molar-refractivity contribution in [2.45, 2.75) is 57.9 Å². The highest BCUT2D eigenvalue weighted by Gasteiger charge is 2.23. The zero-order chi connectivity index (χ0) is 14.0. The predicted octanol–water partition coefficient (Wildman–Crippen LogP) is 5.09. The van der Waals surface area contributed by atoms with E-state index in [9.17, 15) is 0 Å². The van der Waals surface area contributed by atoms with Crippen molar-refractivity contribution in [3.8, 4) is 0 Å². The van der Waals surface area contributed by atoms with Gasteiger partial charge in [0.05, 0.1) is 5.54 Å². The van der Waals surface area contributed by atoms with Gasteiger partial charge in [-0.25, -0.2) is 0 Å². The molecule has 0 fully saturated rings. The Bertz CT molecular complexity index is 325. The van der Waals surface area contributed by atoms with Gasteiger partial charge < -0.3 is 5.32 Å². The van der Waals surface area contributed by atoms with Crippen LogP contribution in [-0.4, -0.2) is 12.4 Å². The monoisotopic (exact) mass is 281 g/mol. The average Bonchev–Trinajstić information content (AvgIpc) is 2.47. The molecule has 1 aromatic rings. The third-order valence-electron chi connectivity index (χ3n) is 3.72. The third kappa shape index (κ3) is 5.97. The fraction of sp³-hybridized carbons (Fsp3) is 0.647. The summed E-state index contributed by atoms with van der Waals surface area (Å²) in [4.78, 5) is 0. The lowest BCUT2D eigenvalue weighted by Gasteiger charge is -2.29. The third-order valence-corrected chi connectivity index (χ3v) is 4.26. The molecule has 1 unspecified atom stereocenters. The van der Waals surface area contributed by atoms with E-state index in [2.05, 4.69) is 43.4 Å². The summed E-state index contributed by atoms with van der Waals surface area (Å²) in [6, 6.07) is 10.5. The van der Waals surface area contributed by atoms with Gasteiger partial charge in [-0.1, -0.05) is 69.4 Å². The van der Waals surface area contributed by atoms with Crippen LogP contribution in [0.2, 0.25) is 0 Å². The van der Waals surface area contributed by atoms with E-state index < -0.39 is 0 Å². The van der Waals surface area contributed by atoms with Gasteiger partial charge in [0.2, 0.25) is 0 Å². The molecule has 0 radical (unpaired) electrons. The van der Waals surface area contributed by atoms with Crippen molar-refractivity contribution in [3.05, 3.63) is 35.9 Å². The number of unbranched alkanes of at least 4 members (excludes halogenated alkanes) is 5. The molecule has 0 aromatic heterocycles. The minimum absolute atomic E-state index is 0.105. The van der Waals surface area contributed by atoms with Crippen molar-refractivity contribution in [3.63, 3.8) is 0 Å². The lowest BCUT2D eigenvalue weighted by atomic mass is 9.94. The Balaban J connectivity index is 2.29. The van der Waals surface area contributed by atoms with Crippen LogP contribution < -0.4 is 5.32 Å². The molecule has 1 rings (SSSR count). The van der Waals surface area contributed by atoms with E-state index in [1.54, 1.807) is 0 Å². The van der Waals surface area contributed by atoms with Crippen LogP contribution in [0.25, 0.3) is 0 Å². The maximum atomic E-state index is 6.16. The lowest BCUT2D eigenvalue weighted by molar-refractivity contribution is 0.399. The second-order valence-electron chi connectivity index (χ2n) is 5.53. The topological polar surface area (TPSA) is 12.0 Å². The largest absolute Gasteiger partial charge is 0.307 e. The van der Waals surface area contributed by atoms with Crippen LogP contribution in [-0.2, 0) is 5.54 Å². The van der Waals surface area contributed by atoms with Crippen LogP contribution in [0.1, 0.15) is 57.9 Å². The van der Waals surface area contributed by atoms with Gasteiger partial charge in [0, 0.05) is 5.88 Å². The molecule has 0 saturated heterocycles. The molecule has 0 aliphatic carbocycles. The van der Waals surface area contributed by atoms with E-state index in [-0.39, 0.29) is 5.54 Å². The minimum Gasteiger partial charge on any atom is -0.307 e. The van der Waals surface area contributed by atoms with Gasteiger partial charge in [-0.2, -0.15) is 0 Å². The average molecular weight is 282 g/mol. The summed E-state index contributed by atoms with van der Waals surface area (Å²) in [6.45, 7) is 5.49. The standard InChI is InChI=1S/C17H28ClN/c1-3-4-5-6-7-11-14-19-17(2,15-18)16-12-9-8-10-13-16/h8-10,12-13,19H,3-7,11,14-15H2,1-2H3. The van der Waals surface area contributed by atoms with Crippen molar-refractivity contribution in [1.29, 1.82) is 0 Å². The van der Waals surface area contributed by atoms with Crippen molar-refractivity contribution in [2.24, 2.45) is 0 Å². The van der Waals surface area contributed by atoms with Crippen molar-refractivity contribution < 1.29 is 0 Å². The highest BCUT2D eigenvalue weighted by Crippen LogP contribution is 2.22. The first kappa shape index (κ1) is 16.5. The van der Waals surface area contributed by atoms with Gasteiger partial charge in [0.25, 0.3) is 0 Å². The summed E-state index contributed by atoms with van der Waals surface area (Å²) in [5, 5.41) is 3.62. The number of alkyl halides is 1. The van der Waals surface area contributed by atoms with Crippen molar-refractivity contribution in [1.82, 2.24) is 5.32 Å². The van der Waals surface area contributed by atoms with Crippen LogP contribution in [0.4, 0.5) is 0 Å². The molecule has 19 heavy (non-hydrogen) atoms. The van der Waals surface area contributed by atoms with Gasteiger partial charge in [0.15, 0.2) is 0 Å². The Morgan fingerprint density at radius 2 is 1.63 bits per heavy atom. The maximum absolute atomic E-state index is 6.16. The first-order valence-electron chi connectivity index (χ1n) is 7.59. The van der Waals surface area contributed by atoms with Crippen LogP contribution in [0.5, 0.6) is 0 Å². The van der Waals surface area contributed by atoms with Crippen LogP contribution in [0.3, 0.4) is 0 Å². The van der Waals surface area contributed by atoms with Gasteiger partial charge in [0.1, 0.15) is 0 Å². The Labute approximate surface area is 123 Å². The Morgan fingerprint density at radius 3 is 2.26 bits per heavy atom. The zero-order valence-corrected chi connectivity index (χ0v) is 13.2. The molecule has 1 atom stereocenters. The van der Waals surface area contributed by atoms with Crippen LogP contribution in [0, 0.1) is 0 Å². The summed E-state index contributed by atoms with van der Waals surface area (Å²) >= 11 is 6.16. The summed E-state index contributed by atoms with van der Waals surface area (Å²) in [7, 11) is 0. The highest BCUT2D eigenvalue weighted by molar-refractivity contribution is 6.18. The minimum atomic E-state index is -0.105. The quantitative estimate of drug-likeness (QED) is 0.465. The number of benzene rings is 1. The molecule has 1 aromatic carbocycles. The first-order valence-corrected chi connectivity index (χ1v) is 8.13. The maximum Gasteiger partial charge on any atom is 0.0543 e. The van der Waals surface area contributed by atoms with E-state index in [0.717, 1.165) is 6.54 Å². The van der Waals surface area contributed by atoms with E-state index in [1.165, 1.54) is 44.1 Å². The molecule has 0 saturated carbocycles. The number of hydrogen-bond donors (Lipinski definition) is 1. The molecule has 0 aliphatic heterocycles. The smallest absolute Gasteiger partial charge is 0.0543 e. The summed E-state index contributed by atoms with van der Waals surface area (Å²) < 4.78 is 0. The zero-order valence-electron chi connectivity index (χ0n) is 12.4. The predicted molar refractivity (Wildman–Crippen MR) is 85.9 cm³/mol.